The van der Waals surface area contributed by atoms with Crippen LogP contribution >= 0.6 is 12.6 Å². The number of hydrogen-bond donors (Lipinski definition) is 2. The molecule has 1 unspecified atom stereocenters. The maximum absolute atomic E-state index is 9.62. The fraction of sp³-hybridized carbons (Fsp3) is 0.182. The Morgan fingerprint density at radius 2 is 1.93 bits per heavy atom. The van der Waals surface area contributed by atoms with Gasteiger partial charge in [-0.3, -0.25) is 4.79 Å². The van der Waals surface area contributed by atoms with Crippen LogP contribution in [-0.2, 0) is 4.79 Å². The highest BCUT2D eigenvalue weighted by Gasteiger charge is 2.00. The summed E-state index contributed by atoms with van der Waals surface area (Å²) in [5.74, 6) is -0.877. The van der Waals surface area contributed by atoms with Gasteiger partial charge in [0.15, 0.2) is 0 Å². The third-order valence-corrected chi connectivity index (χ3v) is 1.61. The summed E-state index contributed by atoms with van der Waals surface area (Å²) in [5, 5.41) is 7.38. The van der Waals surface area contributed by atoms with E-state index in [0.717, 1.165) is 0 Å². The van der Waals surface area contributed by atoms with Crippen LogP contribution in [0.5, 0.6) is 0 Å². The van der Waals surface area contributed by atoms with Crippen LogP contribution in [-0.4, -0.2) is 16.3 Å². The van der Waals surface area contributed by atoms with Gasteiger partial charge in [-0.15, -0.1) is 0 Å². The molecule has 3 heteroatoms. The molecular weight excluding hydrogens is 196 g/mol. The van der Waals surface area contributed by atoms with Gasteiger partial charge in [-0.05, 0) is 12.5 Å². The molecule has 0 spiro atoms. The van der Waals surface area contributed by atoms with Gasteiger partial charge in [0.2, 0.25) is 0 Å². The van der Waals surface area contributed by atoms with E-state index in [0.29, 0.717) is 0 Å². The molecular formula is C11H14O2S. The molecule has 0 saturated heterocycles. The molecule has 76 valence electrons. The van der Waals surface area contributed by atoms with E-state index in [1.807, 2.05) is 36.4 Å². The predicted molar refractivity (Wildman–Crippen MR) is 62.6 cm³/mol. The molecule has 0 aliphatic carbocycles. The molecule has 0 bridgehead atoms. The van der Waals surface area contributed by atoms with Crippen LogP contribution in [0, 0.1) is 0 Å². The lowest BCUT2D eigenvalue weighted by atomic mass is 10.2. The van der Waals surface area contributed by atoms with Crippen LogP contribution in [0.1, 0.15) is 12.5 Å². The highest BCUT2D eigenvalue weighted by Crippen LogP contribution is 1.97. The summed E-state index contributed by atoms with van der Waals surface area (Å²) in [5.41, 5.74) is 1.17. The summed E-state index contributed by atoms with van der Waals surface area (Å²) in [4.78, 5) is 9.62. The third-order valence-electron chi connectivity index (χ3n) is 1.39. The number of carboxylic acid groups (broad SMARTS) is 1. The standard InChI is InChI=1S/C8H8.C3H6O2S/c1-2-8-6-4-3-5-7-8;1-2(6)3(4)5/h2-7H,1H2;2,6H,1H3,(H,4,5). The zero-order valence-corrected chi connectivity index (χ0v) is 8.95. The molecule has 0 fully saturated rings. The quantitative estimate of drug-likeness (QED) is 0.736. The molecule has 1 N–H and O–H groups in total. The normalized spacial score (nSPS) is 10.7. The van der Waals surface area contributed by atoms with Gasteiger partial charge in [-0.1, -0.05) is 43.0 Å². The number of carbonyl (C=O) groups is 1. The van der Waals surface area contributed by atoms with E-state index in [9.17, 15) is 4.79 Å². The van der Waals surface area contributed by atoms with Crippen molar-refractivity contribution in [3.63, 3.8) is 0 Å². The van der Waals surface area contributed by atoms with E-state index in [1.54, 1.807) is 0 Å². The van der Waals surface area contributed by atoms with Crippen LogP contribution in [0.2, 0.25) is 0 Å². The number of carboxylic acids is 1. The molecule has 0 saturated carbocycles. The predicted octanol–water partition coefficient (Wildman–Crippen LogP) is 2.72. The Morgan fingerprint density at radius 3 is 2.14 bits per heavy atom. The first-order chi connectivity index (χ1) is 6.57. The number of benzene rings is 1. The molecule has 0 radical (unpaired) electrons. The van der Waals surface area contributed by atoms with Crippen molar-refractivity contribution in [1.29, 1.82) is 0 Å². The SMILES string of the molecule is C=Cc1ccccc1.CC(S)C(=O)O. The first kappa shape index (κ1) is 12.8. The summed E-state index contributed by atoms with van der Waals surface area (Å²) in [6, 6.07) is 10.0. The van der Waals surface area contributed by atoms with Gasteiger partial charge in [-0.25, -0.2) is 0 Å². The topological polar surface area (TPSA) is 37.3 Å². The Morgan fingerprint density at radius 1 is 1.50 bits per heavy atom. The minimum Gasteiger partial charge on any atom is -0.480 e. The van der Waals surface area contributed by atoms with Crippen LogP contribution in [0.4, 0.5) is 0 Å². The molecule has 1 rings (SSSR count). The second kappa shape index (κ2) is 7.21. The average Bonchev–Trinajstić information content (AvgIpc) is 2.20. The maximum Gasteiger partial charge on any atom is 0.316 e. The van der Waals surface area contributed by atoms with E-state index >= 15 is 0 Å². The zero-order valence-electron chi connectivity index (χ0n) is 8.05. The van der Waals surface area contributed by atoms with Crippen molar-refractivity contribution in [2.24, 2.45) is 0 Å². The van der Waals surface area contributed by atoms with E-state index in [1.165, 1.54) is 12.5 Å². The van der Waals surface area contributed by atoms with Crippen molar-refractivity contribution < 1.29 is 9.90 Å². The van der Waals surface area contributed by atoms with Crippen LogP contribution in [0.25, 0.3) is 6.08 Å². The molecule has 1 atom stereocenters. The zero-order chi connectivity index (χ0) is 11.0. The van der Waals surface area contributed by atoms with Crippen molar-refractivity contribution in [3.05, 3.63) is 42.5 Å². The molecule has 0 amide bonds. The largest absolute Gasteiger partial charge is 0.480 e. The number of rotatable bonds is 2. The third kappa shape index (κ3) is 6.31. The molecule has 0 aromatic heterocycles. The summed E-state index contributed by atoms with van der Waals surface area (Å²) >= 11 is 3.59. The van der Waals surface area contributed by atoms with Crippen LogP contribution in [0.15, 0.2) is 36.9 Å². The smallest absolute Gasteiger partial charge is 0.316 e. The molecule has 1 aromatic carbocycles. The van der Waals surface area contributed by atoms with Crippen molar-refractivity contribution >= 4 is 24.7 Å². The highest BCUT2D eigenvalue weighted by atomic mass is 32.1. The van der Waals surface area contributed by atoms with Gasteiger partial charge in [0, 0.05) is 0 Å². The van der Waals surface area contributed by atoms with Gasteiger partial charge < -0.3 is 5.11 Å². The fourth-order valence-electron chi connectivity index (χ4n) is 0.589. The monoisotopic (exact) mass is 210 g/mol. The second-order valence-electron chi connectivity index (χ2n) is 2.63. The average molecular weight is 210 g/mol. The first-order valence-corrected chi connectivity index (χ1v) is 4.68. The van der Waals surface area contributed by atoms with Crippen molar-refractivity contribution in [2.45, 2.75) is 12.2 Å². The summed E-state index contributed by atoms with van der Waals surface area (Å²) in [6.45, 7) is 5.14. The van der Waals surface area contributed by atoms with Gasteiger partial charge >= 0.3 is 5.97 Å². The lowest BCUT2D eigenvalue weighted by Gasteiger charge is -1.88. The van der Waals surface area contributed by atoms with E-state index in [2.05, 4.69) is 19.2 Å². The summed E-state index contributed by atoms with van der Waals surface area (Å²) < 4.78 is 0. The molecule has 2 nitrogen and oxygen atoms in total. The highest BCUT2D eigenvalue weighted by molar-refractivity contribution is 7.81. The lowest BCUT2D eigenvalue weighted by molar-refractivity contribution is -0.136. The Labute approximate surface area is 89.7 Å². The Kier molecular flexibility index (Phi) is 6.58. The summed E-state index contributed by atoms with van der Waals surface area (Å²) in [7, 11) is 0. The van der Waals surface area contributed by atoms with Crippen molar-refractivity contribution in [1.82, 2.24) is 0 Å². The molecule has 0 aliphatic rings. The van der Waals surface area contributed by atoms with E-state index < -0.39 is 11.2 Å². The van der Waals surface area contributed by atoms with Crippen LogP contribution < -0.4 is 0 Å². The minimum absolute atomic E-state index is 0.537. The van der Waals surface area contributed by atoms with E-state index in [4.69, 9.17) is 5.11 Å². The number of aliphatic carboxylic acids is 1. The number of thiol groups is 1. The van der Waals surface area contributed by atoms with Gasteiger partial charge in [0.25, 0.3) is 0 Å². The lowest BCUT2D eigenvalue weighted by Crippen LogP contribution is -2.06. The van der Waals surface area contributed by atoms with Gasteiger partial charge in [0.05, 0.1) is 5.25 Å². The van der Waals surface area contributed by atoms with Crippen molar-refractivity contribution in [2.75, 3.05) is 0 Å². The maximum atomic E-state index is 9.62. The Balaban J connectivity index is 0.000000255. The fourth-order valence-corrected chi connectivity index (χ4v) is 0.589. The van der Waals surface area contributed by atoms with Gasteiger partial charge in [-0.2, -0.15) is 12.6 Å². The summed E-state index contributed by atoms with van der Waals surface area (Å²) in [6.07, 6.45) is 1.83. The van der Waals surface area contributed by atoms with E-state index in [-0.39, 0.29) is 0 Å². The Bertz CT molecular complexity index is 281. The molecule has 0 aliphatic heterocycles. The molecule has 0 heterocycles. The Hall–Kier alpha value is -1.22. The minimum atomic E-state index is -0.877. The number of hydrogen-bond acceptors (Lipinski definition) is 2. The molecule has 14 heavy (non-hydrogen) atoms. The second-order valence-corrected chi connectivity index (χ2v) is 3.40. The molecule has 1 aromatic rings. The van der Waals surface area contributed by atoms with Crippen LogP contribution in [0.3, 0.4) is 0 Å². The van der Waals surface area contributed by atoms with Crippen molar-refractivity contribution in [3.8, 4) is 0 Å². The van der Waals surface area contributed by atoms with Gasteiger partial charge in [0.1, 0.15) is 0 Å². The first-order valence-electron chi connectivity index (χ1n) is 4.16.